The van der Waals surface area contributed by atoms with Gasteiger partial charge in [-0.2, -0.15) is 0 Å². The lowest BCUT2D eigenvalue weighted by Crippen LogP contribution is -2.35. The number of rotatable bonds is 4. The van der Waals surface area contributed by atoms with Crippen molar-refractivity contribution in [1.82, 2.24) is 10.3 Å². The van der Waals surface area contributed by atoms with Crippen LogP contribution in [0.15, 0.2) is 24.3 Å². The van der Waals surface area contributed by atoms with E-state index in [4.69, 9.17) is 11.6 Å². The molecular weight excluding hydrogens is 398 g/mol. The van der Waals surface area contributed by atoms with E-state index < -0.39 is 5.92 Å². The largest absolute Gasteiger partial charge is 0.352 e. The molecular formula is C22H23ClF2N2O2. The first-order chi connectivity index (χ1) is 13.8. The zero-order valence-corrected chi connectivity index (χ0v) is 16.8. The maximum Gasteiger partial charge on any atom is 0.253 e. The highest BCUT2D eigenvalue weighted by molar-refractivity contribution is 6.35. The minimum atomic E-state index is -2.65. The van der Waals surface area contributed by atoms with Crippen LogP contribution in [0.5, 0.6) is 0 Å². The Morgan fingerprint density at radius 3 is 2.79 bits per heavy atom. The van der Waals surface area contributed by atoms with Crippen molar-refractivity contribution in [2.45, 2.75) is 56.8 Å². The van der Waals surface area contributed by atoms with Gasteiger partial charge in [0.1, 0.15) is 5.78 Å². The lowest BCUT2D eigenvalue weighted by molar-refractivity contribution is -0.117. The number of hydrogen-bond donors (Lipinski definition) is 1. The van der Waals surface area contributed by atoms with Gasteiger partial charge in [0.25, 0.3) is 5.91 Å². The van der Waals surface area contributed by atoms with Crippen molar-refractivity contribution in [3.63, 3.8) is 0 Å². The molecule has 1 N–H and O–H groups in total. The highest BCUT2D eigenvalue weighted by atomic mass is 35.5. The van der Waals surface area contributed by atoms with Gasteiger partial charge in [-0.3, -0.25) is 14.6 Å². The first-order valence-corrected chi connectivity index (χ1v) is 10.5. The number of carbonyl (C=O) groups excluding carboxylic acids is 2. The molecule has 1 aromatic carbocycles. The molecule has 2 aliphatic rings. The maximum absolute atomic E-state index is 13.6. The van der Waals surface area contributed by atoms with Crippen molar-refractivity contribution < 1.29 is 18.4 Å². The summed E-state index contributed by atoms with van der Waals surface area (Å²) >= 11 is 6.30. The van der Waals surface area contributed by atoms with Crippen molar-refractivity contribution >= 4 is 34.2 Å². The highest BCUT2D eigenvalue weighted by Crippen LogP contribution is 2.36. The summed E-state index contributed by atoms with van der Waals surface area (Å²) in [7, 11) is 0. The molecule has 0 saturated heterocycles. The smallest absolute Gasteiger partial charge is 0.253 e. The Balaban J connectivity index is 1.53. The van der Waals surface area contributed by atoms with Gasteiger partial charge in [-0.25, -0.2) is 8.78 Å². The second kappa shape index (κ2) is 7.98. The number of nitrogens with one attached hydrogen (secondary N) is 1. The van der Waals surface area contributed by atoms with Crippen molar-refractivity contribution in [1.29, 1.82) is 0 Å². The SMILES string of the molecule is O=C1CCC(c2ccc3c(C(=O)NCC4CCCC(F)(F)C4)c(Cl)ccc3n2)C1. The Morgan fingerprint density at radius 2 is 2.07 bits per heavy atom. The van der Waals surface area contributed by atoms with Crippen molar-refractivity contribution in [3.8, 4) is 0 Å². The molecule has 4 nitrogen and oxygen atoms in total. The van der Waals surface area contributed by atoms with Crippen LogP contribution in [-0.2, 0) is 4.79 Å². The summed E-state index contributed by atoms with van der Waals surface area (Å²) in [6, 6.07) is 7.05. The molecule has 2 aliphatic carbocycles. The van der Waals surface area contributed by atoms with Gasteiger partial charge >= 0.3 is 0 Å². The summed E-state index contributed by atoms with van der Waals surface area (Å²) in [5, 5.41) is 3.71. The molecule has 0 radical (unpaired) electrons. The van der Waals surface area contributed by atoms with E-state index in [1.165, 1.54) is 0 Å². The predicted molar refractivity (Wildman–Crippen MR) is 108 cm³/mol. The number of pyridine rings is 1. The number of benzene rings is 1. The van der Waals surface area contributed by atoms with E-state index in [1.807, 2.05) is 12.1 Å². The molecule has 2 saturated carbocycles. The summed E-state index contributed by atoms with van der Waals surface area (Å²) in [5.74, 6) is -2.89. The Labute approximate surface area is 173 Å². The summed E-state index contributed by atoms with van der Waals surface area (Å²) in [5.41, 5.74) is 1.80. The minimum absolute atomic E-state index is 0.0762. The van der Waals surface area contributed by atoms with Gasteiger partial charge in [0, 0.05) is 49.2 Å². The van der Waals surface area contributed by atoms with Crippen LogP contribution in [0.2, 0.25) is 5.02 Å². The number of carbonyl (C=O) groups is 2. The number of nitrogens with zero attached hydrogens (tertiary/aromatic N) is 1. The van der Waals surface area contributed by atoms with Crippen LogP contribution in [0.3, 0.4) is 0 Å². The van der Waals surface area contributed by atoms with E-state index >= 15 is 0 Å². The zero-order chi connectivity index (χ0) is 20.6. The average Bonchev–Trinajstić information content (AvgIpc) is 3.11. The van der Waals surface area contributed by atoms with E-state index in [0.29, 0.717) is 47.2 Å². The third kappa shape index (κ3) is 4.42. The number of hydrogen-bond acceptors (Lipinski definition) is 3. The standard InChI is InChI=1S/C22H23ClF2N2O2/c23-17-6-8-19-16(5-7-18(27-19)14-3-4-15(28)10-14)20(17)21(29)26-12-13-2-1-9-22(24,25)11-13/h5-8,13-14H,1-4,9-12H2,(H,26,29). The van der Waals surface area contributed by atoms with Gasteiger partial charge in [0.05, 0.1) is 16.1 Å². The predicted octanol–water partition coefficient (Wildman–Crippen LogP) is 5.28. The van der Waals surface area contributed by atoms with E-state index in [-0.39, 0.29) is 42.9 Å². The van der Waals surface area contributed by atoms with E-state index in [2.05, 4.69) is 10.3 Å². The fraction of sp³-hybridized carbons (Fsp3) is 0.500. The molecule has 2 unspecified atom stereocenters. The van der Waals surface area contributed by atoms with E-state index in [9.17, 15) is 18.4 Å². The fourth-order valence-corrected chi connectivity index (χ4v) is 4.74. The van der Waals surface area contributed by atoms with Gasteiger partial charge in [0.15, 0.2) is 0 Å². The Morgan fingerprint density at radius 1 is 1.24 bits per heavy atom. The van der Waals surface area contributed by atoms with Crippen molar-refractivity contribution in [2.75, 3.05) is 6.54 Å². The molecule has 1 aromatic heterocycles. The lowest BCUT2D eigenvalue weighted by Gasteiger charge is -2.29. The highest BCUT2D eigenvalue weighted by Gasteiger charge is 2.36. The number of halogens is 3. The molecule has 1 heterocycles. The van der Waals surface area contributed by atoms with Crippen LogP contribution in [0.1, 0.15) is 66.9 Å². The Kier molecular flexibility index (Phi) is 5.56. The zero-order valence-electron chi connectivity index (χ0n) is 16.0. The van der Waals surface area contributed by atoms with E-state index in [1.54, 1.807) is 12.1 Å². The fourth-order valence-electron chi connectivity index (χ4n) is 4.49. The van der Waals surface area contributed by atoms with Gasteiger partial charge in [0.2, 0.25) is 5.92 Å². The molecule has 0 bridgehead atoms. The van der Waals surface area contributed by atoms with Crippen molar-refractivity contribution in [3.05, 3.63) is 40.5 Å². The first kappa shape index (κ1) is 20.2. The van der Waals surface area contributed by atoms with Crippen LogP contribution in [0, 0.1) is 5.92 Å². The number of amides is 1. The van der Waals surface area contributed by atoms with Gasteiger partial charge in [-0.1, -0.05) is 17.7 Å². The number of Topliss-reactive ketones (excluding diaryl/α,β-unsaturated/α-hetero) is 1. The number of aromatic nitrogens is 1. The van der Waals surface area contributed by atoms with Crippen LogP contribution in [0.25, 0.3) is 10.9 Å². The molecule has 2 fully saturated rings. The normalized spacial score (nSPS) is 24.0. The number of ketones is 1. The summed E-state index contributed by atoms with van der Waals surface area (Å²) in [6.07, 6.45) is 2.77. The summed E-state index contributed by atoms with van der Waals surface area (Å²) in [6.45, 7) is 0.205. The number of fused-ring (bicyclic) bond motifs is 1. The molecule has 2 aromatic rings. The second-order valence-electron chi connectivity index (χ2n) is 8.23. The van der Waals surface area contributed by atoms with Gasteiger partial charge < -0.3 is 5.32 Å². The first-order valence-electron chi connectivity index (χ1n) is 10.1. The quantitative estimate of drug-likeness (QED) is 0.732. The minimum Gasteiger partial charge on any atom is -0.352 e. The van der Waals surface area contributed by atoms with Crippen LogP contribution in [0.4, 0.5) is 8.78 Å². The van der Waals surface area contributed by atoms with E-state index in [0.717, 1.165) is 12.1 Å². The monoisotopic (exact) mass is 420 g/mol. The number of alkyl halides is 2. The second-order valence-corrected chi connectivity index (χ2v) is 8.64. The van der Waals surface area contributed by atoms with Gasteiger partial charge in [-0.05, 0) is 43.4 Å². The average molecular weight is 421 g/mol. The van der Waals surface area contributed by atoms with Crippen molar-refractivity contribution in [2.24, 2.45) is 5.92 Å². The molecule has 29 heavy (non-hydrogen) atoms. The summed E-state index contributed by atoms with van der Waals surface area (Å²) < 4.78 is 27.2. The molecule has 7 heteroatoms. The summed E-state index contributed by atoms with van der Waals surface area (Å²) in [4.78, 5) is 29.0. The molecule has 4 rings (SSSR count). The maximum atomic E-state index is 13.6. The Bertz CT molecular complexity index is 963. The molecule has 2 atom stereocenters. The van der Waals surface area contributed by atoms with Gasteiger partial charge in [-0.15, -0.1) is 0 Å². The van der Waals surface area contributed by atoms with Crippen LogP contribution < -0.4 is 5.32 Å². The van der Waals surface area contributed by atoms with Crippen LogP contribution in [-0.4, -0.2) is 29.1 Å². The Hall–Kier alpha value is -2.08. The molecule has 1 amide bonds. The molecule has 0 spiro atoms. The van der Waals surface area contributed by atoms with Crippen LogP contribution >= 0.6 is 11.6 Å². The third-order valence-electron chi connectivity index (χ3n) is 6.03. The molecule has 154 valence electrons. The molecule has 0 aliphatic heterocycles. The third-order valence-corrected chi connectivity index (χ3v) is 6.34. The lowest BCUT2D eigenvalue weighted by atomic mass is 9.86. The topological polar surface area (TPSA) is 59.1 Å².